The summed E-state index contributed by atoms with van der Waals surface area (Å²) in [4.78, 5) is 16.5. The Morgan fingerprint density at radius 1 is 0.862 bits per heavy atom. The number of unbranched alkanes of at least 4 members (excludes halogenated alkanes) is 11. The van der Waals surface area contributed by atoms with Gasteiger partial charge in [-0.05, 0) is 30.9 Å². The van der Waals surface area contributed by atoms with E-state index in [4.69, 9.17) is 0 Å². The van der Waals surface area contributed by atoms with Gasteiger partial charge < -0.3 is 5.32 Å². The number of carbonyl (C=O) groups is 1. The third-order valence-electron chi connectivity index (χ3n) is 5.72. The maximum atomic E-state index is 12.2. The van der Waals surface area contributed by atoms with E-state index < -0.39 is 0 Å². The molecule has 0 aliphatic heterocycles. The summed E-state index contributed by atoms with van der Waals surface area (Å²) in [5.41, 5.74) is 0.957. The highest BCUT2D eigenvalue weighted by Gasteiger charge is 2.13. The third-order valence-corrected chi connectivity index (χ3v) is 5.72. The van der Waals surface area contributed by atoms with E-state index in [1.165, 1.54) is 77.0 Å². The summed E-state index contributed by atoms with van der Waals surface area (Å²) in [6, 6.07) is 5.92. The normalized spacial score (nSPS) is 12.3. The van der Waals surface area contributed by atoms with Crippen molar-refractivity contribution in [2.24, 2.45) is 5.92 Å². The maximum absolute atomic E-state index is 12.2. The van der Waals surface area contributed by atoms with Crippen LogP contribution in [0.4, 0.5) is 0 Å². The first-order chi connectivity index (χ1) is 14.1. The van der Waals surface area contributed by atoms with E-state index >= 15 is 0 Å². The third kappa shape index (κ3) is 14.3. The van der Waals surface area contributed by atoms with Crippen molar-refractivity contribution in [1.82, 2.24) is 10.3 Å². The quantitative estimate of drug-likeness (QED) is 0.255. The molecule has 1 unspecified atom stereocenters. The molecule has 1 heterocycles. The fraction of sp³-hybridized carbons (Fsp3) is 0.769. The van der Waals surface area contributed by atoms with Crippen molar-refractivity contribution in [3.63, 3.8) is 0 Å². The van der Waals surface area contributed by atoms with Crippen LogP contribution in [0.5, 0.6) is 0 Å². The van der Waals surface area contributed by atoms with Crippen LogP contribution in [-0.4, -0.2) is 10.9 Å². The van der Waals surface area contributed by atoms with Crippen LogP contribution in [-0.2, 0) is 4.79 Å². The lowest BCUT2D eigenvalue weighted by atomic mass is 10.0. The number of hydrogen-bond donors (Lipinski definition) is 1. The van der Waals surface area contributed by atoms with Crippen molar-refractivity contribution in [3.8, 4) is 0 Å². The number of amides is 1. The van der Waals surface area contributed by atoms with Gasteiger partial charge in [0.2, 0.25) is 5.91 Å². The van der Waals surface area contributed by atoms with Gasteiger partial charge in [-0.15, -0.1) is 0 Å². The second-order valence-electron chi connectivity index (χ2n) is 8.96. The molecule has 166 valence electrons. The smallest absolute Gasteiger partial charge is 0.220 e. The van der Waals surface area contributed by atoms with E-state index in [0.29, 0.717) is 6.42 Å². The van der Waals surface area contributed by atoms with Crippen molar-refractivity contribution in [2.45, 2.75) is 123 Å². The largest absolute Gasteiger partial charge is 0.348 e. The summed E-state index contributed by atoms with van der Waals surface area (Å²) in [6.07, 6.45) is 20.7. The van der Waals surface area contributed by atoms with Crippen LogP contribution >= 0.6 is 0 Å². The van der Waals surface area contributed by atoms with Gasteiger partial charge in [0.1, 0.15) is 0 Å². The van der Waals surface area contributed by atoms with E-state index in [9.17, 15) is 4.79 Å². The van der Waals surface area contributed by atoms with Crippen LogP contribution in [0, 0.1) is 5.92 Å². The Labute approximate surface area is 180 Å². The van der Waals surface area contributed by atoms with Crippen molar-refractivity contribution in [1.29, 1.82) is 0 Å². The number of nitrogens with one attached hydrogen (secondary N) is 1. The van der Waals surface area contributed by atoms with Gasteiger partial charge in [-0.1, -0.05) is 104 Å². The number of hydrogen-bond acceptors (Lipinski definition) is 2. The first-order valence-electron chi connectivity index (χ1n) is 12.3. The van der Waals surface area contributed by atoms with E-state index in [1.807, 2.05) is 18.2 Å². The predicted octanol–water partition coefficient (Wildman–Crippen LogP) is 7.77. The molecule has 29 heavy (non-hydrogen) atoms. The Kier molecular flexibility index (Phi) is 15.5. The highest BCUT2D eigenvalue weighted by molar-refractivity contribution is 5.76. The summed E-state index contributed by atoms with van der Waals surface area (Å²) < 4.78 is 0. The van der Waals surface area contributed by atoms with Crippen molar-refractivity contribution in [3.05, 3.63) is 30.1 Å². The van der Waals surface area contributed by atoms with Gasteiger partial charge in [-0.25, -0.2) is 0 Å². The molecule has 1 atom stereocenters. The van der Waals surface area contributed by atoms with Crippen molar-refractivity contribution in [2.75, 3.05) is 0 Å². The Hall–Kier alpha value is -1.38. The molecule has 0 spiro atoms. The minimum atomic E-state index is 0.0407. The van der Waals surface area contributed by atoms with Gasteiger partial charge in [0.25, 0.3) is 0 Å². The van der Waals surface area contributed by atoms with Crippen molar-refractivity contribution < 1.29 is 4.79 Å². The average molecular weight is 403 g/mol. The molecule has 3 heteroatoms. The first kappa shape index (κ1) is 25.7. The number of pyridine rings is 1. The zero-order valence-corrected chi connectivity index (χ0v) is 19.4. The molecule has 0 radical (unpaired) electrons. The second-order valence-corrected chi connectivity index (χ2v) is 8.96. The van der Waals surface area contributed by atoms with Gasteiger partial charge in [0, 0.05) is 12.6 Å². The molecule has 0 saturated heterocycles. The average Bonchev–Trinajstić information content (AvgIpc) is 2.72. The number of aromatic nitrogens is 1. The maximum Gasteiger partial charge on any atom is 0.220 e. The van der Waals surface area contributed by atoms with Crippen LogP contribution < -0.4 is 5.32 Å². The number of rotatable bonds is 18. The first-order valence-corrected chi connectivity index (χ1v) is 12.3. The SMILES string of the molecule is CCC(NC(=O)CCCCCCCCCCCCCCC(C)C)c1ccccn1. The molecule has 1 amide bonds. The van der Waals surface area contributed by atoms with E-state index in [0.717, 1.165) is 24.5 Å². The minimum Gasteiger partial charge on any atom is -0.348 e. The summed E-state index contributed by atoms with van der Waals surface area (Å²) >= 11 is 0. The standard InChI is InChI=1S/C26H46N2O/c1-4-24(25-20-17-18-22-27-25)28-26(29)21-16-14-12-10-8-6-5-7-9-11-13-15-19-23(2)3/h17-18,20,22-24H,4-16,19,21H2,1-3H3,(H,28,29). The molecule has 3 nitrogen and oxygen atoms in total. The highest BCUT2D eigenvalue weighted by atomic mass is 16.1. The lowest BCUT2D eigenvalue weighted by Crippen LogP contribution is -2.28. The fourth-order valence-electron chi connectivity index (χ4n) is 3.84. The molecule has 0 fully saturated rings. The highest BCUT2D eigenvalue weighted by Crippen LogP contribution is 2.16. The summed E-state index contributed by atoms with van der Waals surface area (Å²) in [5, 5.41) is 3.13. The molecule has 0 bridgehead atoms. The van der Waals surface area contributed by atoms with Crippen LogP contribution in [0.1, 0.15) is 129 Å². The second kappa shape index (κ2) is 17.5. The predicted molar refractivity (Wildman–Crippen MR) is 125 cm³/mol. The zero-order chi connectivity index (χ0) is 21.2. The van der Waals surface area contributed by atoms with Gasteiger partial charge in [-0.3, -0.25) is 9.78 Å². The van der Waals surface area contributed by atoms with E-state index in [1.54, 1.807) is 6.20 Å². The van der Waals surface area contributed by atoms with Gasteiger partial charge >= 0.3 is 0 Å². The Morgan fingerprint density at radius 3 is 1.90 bits per heavy atom. The lowest BCUT2D eigenvalue weighted by Gasteiger charge is -2.16. The molecule has 1 aromatic rings. The molecule has 1 aromatic heterocycles. The van der Waals surface area contributed by atoms with Gasteiger partial charge in [0.15, 0.2) is 0 Å². The Morgan fingerprint density at radius 2 is 1.41 bits per heavy atom. The van der Waals surface area contributed by atoms with Crippen LogP contribution in [0.15, 0.2) is 24.4 Å². The Balaban J connectivity index is 1.90. The molecule has 0 saturated carbocycles. The molecular formula is C26H46N2O. The van der Waals surface area contributed by atoms with Crippen LogP contribution in [0.2, 0.25) is 0 Å². The fourth-order valence-corrected chi connectivity index (χ4v) is 3.84. The summed E-state index contributed by atoms with van der Waals surface area (Å²) in [7, 11) is 0. The van der Waals surface area contributed by atoms with Crippen molar-refractivity contribution >= 4 is 5.91 Å². The van der Waals surface area contributed by atoms with Gasteiger partial charge in [0.05, 0.1) is 11.7 Å². The molecular weight excluding hydrogens is 356 g/mol. The zero-order valence-electron chi connectivity index (χ0n) is 19.4. The minimum absolute atomic E-state index is 0.0407. The Bertz CT molecular complexity index is 501. The molecule has 0 aromatic carbocycles. The molecule has 1 rings (SSSR count). The summed E-state index contributed by atoms with van der Waals surface area (Å²) in [5.74, 6) is 1.03. The van der Waals surface area contributed by atoms with E-state index in [-0.39, 0.29) is 11.9 Å². The summed E-state index contributed by atoms with van der Waals surface area (Å²) in [6.45, 7) is 6.73. The number of nitrogens with zero attached hydrogens (tertiary/aromatic N) is 1. The van der Waals surface area contributed by atoms with E-state index in [2.05, 4.69) is 31.1 Å². The lowest BCUT2D eigenvalue weighted by molar-refractivity contribution is -0.122. The topological polar surface area (TPSA) is 42.0 Å². The molecule has 0 aliphatic carbocycles. The van der Waals surface area contributed by atoms with Crippen LogP contribution in [0.3, 0.4) is 0 Å². The molecule has 0 aliphatic rings. The molecule has 1 N–H and O–H groups in total. The van der Waals surface area contributed by atoms with Gasteiger partial charge in [-0.2, -0.15) is 0 Å². The number of carbonyl (C=O) groups excluding carboxylic acids is 1. The van der Waals surface area contributed by atoms with Crippen LogP contribution in [0.25, 0.3) is 0 Å². The monoisotopic (exact) mass is 402 g/mol.